The van der Waals surface area contributed by atoms with Crippen LogP contribution in [0.2, 0.25) is 0 Å². The largest absolute Gasteiger partial charge is 0.477 e. The highest BCUT2D eigenvalue weighted by Gasteiger charge is 2.23. The van der Waals surface area contributed by atoms with E-state index in [0.29, 0.717) is 30.5 Å². The molecule has 2 aromatic rings. The van der Waals surface area contributed by atoms with Crippen molar-refractivity contribution in [2.24, 2.45) is 5.92 Å². The van der Waals surface area contributed by atoms with E-state index in [0.717, 1.165) is 26.1 Å². The zero-order valence-electron chi connectivity index (χ0n) is 14.6. The van der Waals surface area contributed by atoms with Crippen molar-refractivity contribution >= 4 is 5.91 Å². The number of carbonyl (C=O) groups excluding carboxylic acids is 1. The normalized spacial score (nSPS) is 17.4. The van der Waals surface area contributed by atoms with Crippen molar-refractivity contribution < 1.29 is 9.53 Å². The summed E-state index contributed by atoms with van der Waals surface area (Å²) in [6.07, 6.45) is 2.75. The Balaban J connectivity index is 1.49. The smallest absolute Gasteiger partial charge is 0.256 e. The Hall–Kier alpha value is -2.40. The molecular formula is C20H25N3O2. The number of aromatic nitrogens is 1. The summed E-state index contributed by atoms with van der Waals surface area (Å²) in [5.41, 5.74) is 1.84. The van der Waals surface area contributed by atoms with Crippen LogP contribution < -0.4 is 10.1 Å². The third-order valence-corrected chi connectivity index (χ3v) is 4.47. The molecule has 1 aliphatic heterocycles. The van der Waals surface area contributed by atoms with Gasteiger partial charge in [0.1, 0.15) is 5.56 Å². The number of nitrogens with one attached hydrogen (secondary N) is 1. The van der Waals surface area contributed by atoms with Crippen molar-refractivity contribution in [3.8, 4) is 5.88 Å². The zero-order valence-corrected chi connectivity index (χ0v) is 14.6. The van der Waals surface area contributed by atoms with Gasteiger partial charge in [-0.05, 0) is 43.5 Å². The van der Waals surface area contributed by atoms with E-state index in [2.05, 4.69) is 39.5 Å². The molecule has 1 fully saturated rings. The minimum absolute atomic E-state index is 0.113. The van der Waals surface area contributed by atoms with Crippen molar-refractivity contribution in [1.29, 1.82) is 0 Å². The van der Waals surface area contributed by atoms with Gasteiger partial charge in [0.15, 0.2) is 0 Å². The summed E-state index contributed by atoms with van der Waals surface area (Å²) in [7, 11) is 0. The summed E-state index contributed by atoms with van der Waals surface area (Å²) >= 11 is 0. The van der Waals surface area contributed by atoms with Gasteiger partial charge in [0.2, 0.25) is 5.88 Å². The summed E-state index contributed by atoms with van der Waals surface area (Å²) in [5, 5.41) is 3.04. The van der Waals surface area contributed by atoms with E-state index in [1.807, 2.05) is 13.0 Å². The van der Waals surface area contributed by atoms with E-state index < -0.39 is 0 Å². The van der Waals surface area contributed by atoms with Crippen molar-refractivity contribution in [1.82, 2.24) is 15.2 Å². The minimum Gasteiger partial charge on any atom is -0.477 e. The molecule has 25 heavy (non-hydrogen) atoms. The number of pyridine rings is 1. The fourth-order valence-corrected chi connectivity index (χ4v) is 3.21. The van der Waals surface area contributed by atoms with Crippen LogP contribution in [0.3, 0.4) is 0 Å². The molecule has 1 N–H and O–H groups in total. The van der Waals surface area contributed by atoms with Gasteiger partial charge >= 0.3 is 0 Å². The average molecular weight is 339 g/mol. The third kappa shape index (κ3) is 4.79. The van der Waals surface area contributed by atoms with E-state index >= 15 is 0 Å². The number of hydrogen-bond donors (Lipinski definition) is 1. The lowest BCUT2D eigenvalue weighted by atomic mass is 10.1. The lowest BCUT2D eigenvalue weighted by Gasteiger charge is -2.16. The quantitative estimate of drug-likeness (QED) is 0.843. The fraction of sp³-hybridized carbons (Fsp3) is 0.400. The highest BCUT2D eigenvalue weighted by atomic mass is 16.5. The highest BCUT2D eigenvalue weighted by Crippen LogP contribution is 2.19. The summed E-state index contributed by atoms with van der Waals surface area (Å²) in [5.74, 6) is 0.776. The van der Waals surface area contributed by atoms with E-state index in [1.165, 1.54) is 5.56 Å². The maximum absolute atomic E-state index is 12.4. The van der Waals surface area contributed by atoms with Gasteiger partial charge in [0, 0.05) is 25.8 Å². The number of ether oxygens (including phenoxy) is 1. The van der Waals surface area contributed by atoms with Crippen LogP contribution in [0.15, 0.2) is 48.7 Å². The van der Waals surface area contributed by atoms with Crippen molar-refractivity contribution in [2.75, 3.05) is 26.2 Å². The molecule has 1 saturated heterocycles. The maximum Gasteiger partial charge on any atom is 0.256 e. The van der Waals surface area contributed by atoms with Crippen LogP contribution in [0.5, 0.6) is 5.88 Å². The van der Waals surface area contributed by atoms with E-state index in [9.17, 15) is 4.79 Å². The zero-order chi connectivity index (χ0) is 17.5. The summed E-state index contributed by atoms with van der Waals surface area (Å²) in [6, 6.07) is 14.0. The molecule has 0 bridgehead atoms. The van der Waals surface area contributed by atoms with Crippen LogP contribution in [-0.2, 0) is 6.54 Å². The van der Waals surface area contributed by atoms with Gasteiger partial charge in [-0.2, -0.15) is 0 Å². The Morgan fingerprint density at radius 1 is 1.28 bits per heavy atom. The van der Waals surface area contributed by atoms with Crippen LogP contribution in [-0.4, -0.2) is 42.0 Å². The Kier molecular flexibility index (Phi) is 6.01. The molecular weight excluding hydrogens is 314 g/mol. The minimum atomic E-state index is -0.113. The van der Waals surface area contributed by atoms with E-state index in [-0.39, 0.29) is 5.91 Å². The average Bonchev–Trinajstić information content (AvgIpc) is 3.09. The van der Waals surface area contributed by atoms with Crippen LogP contribution in [0.1, 0.15) is 29.3 Å². The van der Waals surface area contributed by atoms with Crippen molar-refractivity contribution in [3.05, 3.63) is 59.8 Å². The molecule has 3 rings (SSSR count). The SMILES string of the molecule is CCOc1ncccc1C(=O)NCC1CCN(Cc2ccccc2)C1. The second kappa shape index (κ2) is 8.62. The molecule has 0 spiro atoms. The van der Waals surface area contributed by atoms with E-state index in [1.54, 1.807) is 18.3 Å². The molecule has 1 unspecified atom stereocenters. The number of nitrogens with zero attached hydrogens (tertiary/aromatic N) is 2. The predicted octanol–water partition coefficient (Wildman–Crippen LogP) is 2.73. The molecule has 1 aliphatic rings. The Bertz CT molecular complexity index is 690. The molecule has 0 radical (unpaired) electrons. The highest BCUT2D eigenvalue weighted by molar-refractivity contribution is 5.96. The predicted molar refractivity (Wildman–Crippen MR) is 97.6 cm³/mol. The first-order chi connectivity index (χ1) is 12.3. The number of amides is 1. The Morgan fingerprint density at radius 3 is 2.92 bits per heavy atom. The van der Waals surface area contributed by atoms with E-state index in [4.69, 9.17) is 4.74 Å². The van der Waals surface area contributed by atoms with Gasteiger partial charge in [-0.25, -0.2) is 4.98 Å². The summed E-state index contributed by atoms with van der Waals surface area (Å²) < 4.78 is 5.43. The first-order valence-electron chi connectivity index (χ1n) is 8.88. The first-order valence-corrected chi connectivity index (χ1v) is 8.88. The maximum atomic E-state index is 12.4. The van der Waals surface area contributed by atoms with Gasteiger partial charge in [-0.1, -0.05) is 30.3 Å². The number of benzene rings is 1. The topological polar surface area (TPSA) is 54.5 Å². The molecule has 5 nitrogen and oxygen atoms in total. The number of likely N-dealkylation sites (tertiary alicyclic amines) is 1. The molecule has 0 aliphatic carbocycles. The lowest BCUT2D eigenvalue weighted by molar-refractivity contribution is 0.0942. The number of hydrogen-bond acceptors (Lipinski definition) is 4. The molecule has 1 aromatic heterocycles. The summed E-state index contributed by atoms with van der Waals surface area (Å²) in [6.45, 7) is 6.13. The third-order valence-electron chi connectivity index (χ3n) is 4.47. The van der Waals surface area contributed by atoms with Crippen molar-refractivity contribution in [2.45, 2.75) is 19.9 Å². The van der Waals surface area contributed by atoms with Crippen LogP contribution in [0.25, 0.3) is 0 Å². The molecule has 2 heterocycles. The molecule has 132 valence electrons. The van der Waals surface area contributed by atoms with Crippen molar-refractivity contribution in [3.63, 3.8) is 0 Å². The first kappa shape index (κ1) is 17.4. The Morgan fingerprint density at radius 2 is 2.12 bits per heavy atom. The van der Waals surface area contributed by atoms with Gasteiger partial charge in [0.25, 0.3) is 5.91 Å². The fourth-order valence-electron chi connectivity index (χ4n) is 3.21. The van der Waals surface area contributed by atoms with Crippen LogP contribution in [0.4, 0.5) is 0 Å². The summed E-state index contributed by atoms with van der Waals surface area (Å²) in [4.78, 5) is 19.0. The van der Waals surface area contributed by atoms with Gasteiger partial charge in [-0.3, -0.25) is 9.69 Å². The monoisotopic (exact) mass is 339 g/mol. The van der Waals surface area contributed by atoms with Gasteiger partial charge < -0.3 is 10.1 Å². The second-order valence-corrected chi connectivity index (χ2v) is 6.37. The molecule has 1 aromatic carbocycles. The molecule has 1 amide bonds. The van der Waals surface area contributed by atoms with Crippen LogP contribution >= 0.6 is 0 Å². The second-order valence-electron chi connectivity index (χ2n) is 6.37. The van der Waals surface area contributed by atoms with Gasteiger partial charge in [0.05, 0.1) is 6.61 Å². The number of rotatable bonds is 7. The number of carbonyl (C=O) groups is 1. The Labute approximate surface area is 149 Å². The molecule has 1 atom stereocenters. The molecule has 0 saturated carbocycles. The van der Waals surface area contributed by atoms with Crippen LogP contribution in [0, 0.1) is 5.92 Å². The lowest BCUT2D eigenvalue weighted by Crippen LogP contribution is -2.31. The molecule has 5 heteroatoms. The van der Waals surface area contributed by atoms with Gasteiger partial charge in [-0.15, -0.1) is 0 Å². The standard InChI is InChI=1S/C20H25N3O2/c1-2-25-20-18(9-6-11-21-20)19(24)22-13-17-10-12-23(15-17)14-16-7-4-3-5-8-16/h3-9,11,17H,2,10,12-15H2,1H3,(H,22,24).